The molecule has 4 nitrogen and oxygen atoms in total. The summed E-state index contributed by atoms with van der Waals surface area (Å²) < 4.78 is 1.82. The number of hydrogen-bond acceptors (Lipinski definition) is 5. The third kappa shape index (κ3) is 4.16. The summed E-state index contributed by atoms with van der Waals surface area (Å²) >= 11 is 5.24. The summed E-state index contributed by atoms with van der Waals surface area (Å²) in [5.41, 5.74) is 1.80. The Morgan fingerprint density at radius 3 is 2.95 bits per heavy atom. The molecule has 7 heteroatoms. The molecule has 0 atom stereocenters. The zero-order valence-corrected chi connectivity index (χ0v) is 14.9. The number of amides is 1. The van der Waals surface area contributed by atoms with Crippen molar-refractivity contribution in [2.24, 2.45) is 0 Å². The fourth-order valence-electron chi connectivity index (χ4n) is 1.48. The number of aromatic nitrogens is 2. The van der Waals surface area contributed by atoms with E-state index in [1.54, 1.807) is 11.8 Å². The number of carbonyl (C=O) groups excluding carboxylic acids is 1. The Kier molecular flexibility index (Phi) is 5.79. The predicted octanol–water partition coefficient (Wildman–Crippen LogP) is 4.21. The lowest BCUT2D eigenvalue weighted by Crippen LogP contribution is -2.13. The summed E-state index contributed by atoms with van der Waals surface area (Å²) in [6, 6.07) is 5.75. The number of nitrogens with zero attached hydrogens (tertiary/aromatic N) is 2. The van der Waals surface area contributed by atoms with Crippen molar-refractivity contribution in [3.8, 4) is 0 Å². The second-order valence-electron chi connectivity index (χ2n) is 4.16. The molecule has 1 amide bonds. The molecule has 2 rings (SSSR count). The summed E-state index contributed by atoms with van der Waals surface area (Å²) in [5, 5.41) is 11.4. The molecule has 0 radical (unpaired) electrons. The van der Waals surface area contributed by atoms with E-state index < -0.39 is 0 Å². The molecular formula is C13H14IN3OS2. The van der Waals surface area contributed by atoms with E-state index in [9.17, 15) is 4.79 Å². The number of anilines is 1. The summed E-state index contributed by atoms with van der Waals surface area (Å²) in [6.45, 7) is 4.13. The van der Waals surface area contributed by atoms with E-state index >= 15 is 0 Å². The van der Waals surface area contributed by atoms with Crippen LogP contribution >= 0.6 is 45.7 Å². The van der Waals surface area contributed by atoms with Gasteiger partial charge in [0.05, 0.1) is 5.56 Å². The number of rotatable bonds is 5. The van der Waals surface area contributed by atoms with Gasteiger partial charge in [-0.1, -0.05) is 41.7 Å². The Balaban J connectivity index is 2.05. The molecule has 1 aromatic heterocycles. The summed E-state index contributed by atoms with van der Waals surface area (Å²) in [6.07, 6.45) is 1.09. The molecule has 0 fully saturated rings. The van der Waals surface area contributed by atoms with Crippen molar-refractivity contribution in [1.82, 2.24) is 10.2 Å². The second kappa shape index (κ2) is 7.37. The van der Waals surface area contributed by atoms with Crippen molar-refractivity contribution in [3.63, 3.8) is 0 Å². The SMILES string of the molecule is CCCSc1nnc(NC(=O)c2ccc(C)cc2I)s1. The van der Waals surface area contributed by atoms with Gasteiger partial charge in [-0.15, -0.1) is 10.2 Å². The number of carbonyl (C=O) groups is 1. The molecule has 1 heterocycles. The van der Waals surface area contributed by atoms with Gasteiger partial charge < -0.3 is 0 Å². The Hall–Kier alpha value is -0.670. The van der Waals surface area contributed by atoms with Gasteiger partial charge in [-0.2, -0.15) is 0 Å². The Morgan fingerprint density at radius 1 is 1.45 bits per heavy atom. The molecule has 0 saturated heterocycles. The van der Waals surface area contributed by atoms with Gasteiger partial charge in [0, 0.05) is 9.32 Å². The molecule has 0 unspecified atom stereocenters. The lowest BCUT2D eigenvalue weighted by molar-refractivity contribution is 0.102. The molecular weight excluding hydrogens is 405 g/mol. The average Bonchev–Trinajstić information content (AvgIpc) is 2.83. The summed E-state index contributed by atoms with van der Waals surface area (Å²) in [4.78, 5) is 12.2. The fraction of sp³-hybridized carbons (Fsp3) is 0.308. The first-order valence-corrected chi connectivity index (χ1v) is 9.02. The van der Waals surface area contributed by atoms with Crippen LogP contribution in [0, 0.1) is 10.5 Å². The molecule has 0 aliphatic carbocycles. The van der Waals surface area contributed by atoms with Gasteiger partial charge in [-0.05, 0) is 48.1 Å². The standard InChI is InChI=1S/C13H14IN3OS2/c1-3-6-19-13-17-16-12(20-13)15-11(18)9-5-4-8(2)7-10(9)14/h4-5,7H,3,6H2,1-2H3,(H,15,16,18). The first-order chi connectivity index (χ1) is 9.60. The molecule has 0 aliphatic heterocycles. The number of nitrogens with one attached hydrogen (secondary N) is 1. The third-order valence-electron chi connectivity index (χ3n) is 2.43. The van der Waals surface area contributed by atoms with Crippen molar-refractivity contribution in [3.05, 3.63) is 32.9 Å². The molecule has 106 valence electrons. The highest BCUT2D eigenvalue weighted by atomic mass is 127. The normalized spacial score (nSPS) is 10.6. The predicted molar refractivity (Wildman–Crippen MR) is 92.8 cm³/mol. The van der Waals surface area contributed by atoms with E-state index in [2.05, 4.69) is 45.0 Å². The molecule has 0 aliphatic rings. The average molecular weight is 419 g/mol. The molecule has 20 heavy (non-hydrogen) atoms. The summed E-state index contributed by atoms with van der Waals surface area (Å²) in [7, 11) is 0. The van der Waals surface area contributed by atoms with Gasteiger partial charge in [-0.25, -0.2) is 0 Å². The number of thioether (sulfide) groups is 1. The van der Waals surface area contributed by atoms with Gasteiger partial charge in [0.1, 0.15) is 0 Å². The Bertz CT molecular complexity index is 615. The van der Waals surface area contributed by atoms with Crippen LogP contribution in [0.5, 0.6) is 0 Å². The van der Waals surface area contributed by atoms with Gasteiger partial charge in [-0.3, -0.25) is 10.1 Å². The number of aryl methyl sites for hydroxylation is 1. The maximum atomic E-state index is 12.2. The Morgan fingerprint density at radius 2 is 2.25 bits per heavy atom. The minimum atomic E-state index is -0.141. The molecule has 0 bridgehead atoms. The van der Waals surface area contributed by atoms with Gasteiger partial charge in [0.15, 0.2) is 4.34 Å². The smallest absolute Gasteiger partial charge is 0.258 e. The molecule has 2 aromatic rings. The topological polar surface area (TPSA) is 54.9 Å². The number of benzene rings is 1. The van der Waals surface area contributed by atoms with Gasteiger partial charge in [0.25, 0.3) is 5.91 Å². The molecule has 1 N–H and O–H groups in total. The van der Waals surface area contributed by atoms with E-state index in [4.69, 9.17) is 0 Å². The van der Waals surface area contributed by atoms with E-state index in [0.29, 0.717) is 10.7 Å². The second-order valence-corrected chi connectivity index (χ2v) is 7.64. The fourth-order valence-corrected chi connectivity index (χ4v) is 4.06. The van der Waals surface area contributed by atoms with E-state index in [1.807, 2.05) is 25.1 Å². The highest BCUT2D eigenvalue weighted by molar-refractivity contribution is 14.1. The molecule has 1 aromatic carbocycles. The van der Waals surface area contributed by atoms with Crippen LogP contribution in [0.2, 0.25) is 0 Å². The largest absolute Gasteiger partial charge is 0.296 e. The highest BCUT2D eigenvalue weighted by Crippen LogP contribution is 2.26. The van der Waals surface area contributed by atoms with Crippen molar-refractivity contribution >= 4 is 56.7 Å². The van der Waals surface area contributed by atoms with Crippen LogP contribution in [-0.2, 0) is 0 Å². The first-order valence-electron chi connectivity index (χ1n) is 6.14. The van der Waals surface area contributed by atoms with Crippen LogP contribution in [0.1, 0.15) is 29.3 Å². The maximum absolute atomic E-state index is 12.2. The quantitative estimate of drug-likeness (QED) is 0.448. The van der Waals surface area contributed by atoms with Crippen molar-refractivity contribution in [2.45, 2.75) is 24.6 Å². The van der Waals surface area contributed by atoms with Crippen LogP contribution in [0.25, 0.3) is 0 Å². The van der Waals surface area contributed by atoms with Crippen molar-refractivity contribution in [2.75, 3.05) is 11.1 Å². The minimum absolute atomic E-state index is 0.141. The molecule has 0 spiro atoms. The maximum Gasteiger partial charge on any atom is 0.258 e. The van der Waals surface area contributed by atoms with Crippen molar-refractivity contribution in [1.29, 1.82) is 0 Å². The van der Waals surface area contributed by atoms with Gasteiger partial charge in [0.2, 0.25) is 5.13 Å². The first kappa shape index (κ1) is 15.7. The van der Waals surface area contributed by atoms with E-state index in [1.165, 1.54) is 11.3 Å². The summed E-state index contributed by atoms with van der Waals surface area (Å²) in [5.74, 6) is 0.871. The van der Waals surface area contributed by atoms with Crippen LogP contribution in [0.15, 0.2) is 22.5 Å². The van der Waals surface area contributed by atoms with Crippen LogP contribution in [-0.4, -0.2) is 21.9 Å². The number of halogens is 1. The minimum Gasteiger partial charge on any atom is -0.296 e. The zero-order chi connectivity index (χ0) is 14.5. The monoisotopic (exact) mass is 419 g/mol. The molecule has 0 saturated carbocycles. The lowest BCUT2D eigenvalue weighted by Gasteiger charge is -2.04. The zero-order valence-electron chi connectivity index (χ0n) is 11.1. The van der Waals surface area contributed by atoms with E-state index in [-0.39, 0.29) is 5.91 Å². The van der Waals surface area contributed by atoms with Crippen LogP contribution in [0.4, 0.5) is 5.13 Å². The lowest BCUT2D eigenvalue weighted by atomic mass is 10.1. The van der Waals surface area contributed by atoms with Gasteiger partial charge >= 0.3 is 0 Å². The Labute approximate surface area is 139 Å². The van der Waals surface area contributed by atoms with Crippen LogP contribution < -0.4 is 5.32 Å². The van der Waals surface area contributed by atoms with Crippen molar-refractivity contribution < 1.29 is 4.79 Å². The third-order valence-corrected chi connectivity index (χ3v) is 5.50. The number of hydrogen-bond donors (Lipinski definition) is 1. The van der Waals surface area contributed by atoms with E-state index in [0.717, 1.165) is 25.6 Å². The van der Waals surface area contributed by atoms with Crippen LogP contribution in [0.3, 0.4) is 0 Å². The highest BCUT2D eigenvalue weighted by Gasteiger charge is 2.13.